The highest BCUT2D eigenvalue weighted by molar-refractivity contribution is 5.61. The number of benzene rings is 1. The molecule has 1 aliphatic heterocycles. The van der Waals surface area contributed by atoms with E-state index in [1.807, 2.05) is 13.0 Å². The van der Waals surface area contributed by atoms with Crippen LogP contribution in [0, 0.1) is 6.92 Å². The Kier molecular flexibility index (Phi) is 4.76. The van der Waals surface area contributed by atoms with Gasteiger partial charge in [-0.2, -0.15) is 0 Å². The summed E-state index contributed by atoms with van der Waals surface area (Å²) in [6.45, 7) is 8.75. The molecule has 1 unspecified atom stereocenters. The molecule has 2 heterocycles. The molecule has 3 rings (SSSR count). The van der Waals surface area contributed by atoms with Crippen molar-refractivity contribution in [2.24, 2.45) is 0 Å². The molecule has 0 radical (unpaired) electrons. The standard InChI is InChI=1S/C18H24N4O/c1-4-15-11-18(20-14(3)19-15)21-16-5-7-17(8-6-16)22-9-10-23-12-13(22)2/h5-8,11,13H,4,9-10,12H2,1-3H3,(H,19,20,21). The highest BCUT2D eigenvalue weighted by atomic mass is 16.5. The Bertz CT molecular complexity index is 657. The maximum atomic E-state index is 5.50. The molecule has 1 fully saturated rings. The summed E-state index contributed by atoms with van der Waals surface area (Å²) in [5.41, 5.74) is 3.33. The number of nitrogens with zero attached hydrogens (tertiary/aromatic N) is 3. The lowest BCUT2D eigenvalue weighted by atomic mass is 10.2. The quantitative estimate of drug-likeness (QED) is 0.938. The van der Waals surface area contributed by atoms with Crippen molar-refractivity contribution in [1.29, 1.82) is 0 Å². The first kappa shape index (κ1) is 15.7. The highest BCUT2D eigenvalue weighted by Gasteiger charge is 2.18. The molecular weight excluding hydrogens is 288 g/mol. The van der Waals surface area contributed by atoms with E-state index in [-0.39, 0.29) is 0 Å². The van der Waals surface area contributed by atoms with E-state index in [9.17, 15) is 0 Å². The molecule has 1 aliphatic rings. The highest BCUT2D eigenvalue weighted by Crippen LogP contribution is 2.23. The minimum atomic E-state index is 0.416. The van der Waals surface area contributed by atoms with Gasteiger partial charge in [0.15, 0.2) is 0 Å². The molecule has 5 nitrogen and oxygen atoms in total. The van der Waals surface area contributed by atoms with Crippen LogP contribution in [0.2, 0.25) is 0 Å². The summed E-state index contributed by atoms with van der Waals surface area (Å²) in [5, 5.41) is 3.37. The zero-order valence-electron chi connectivity index (χ0n) is 14.0. The molecule has 0 saturated carbocycles. The molecule has 0 bridgehead atoms. The summed E-state index contributed by atoms with van der Waals surface area (Å²) in [6.07, 6.45) is 0.909. The van der Waals surface area contributed by atoms with Gasteiger partial charge in [-0.3, -0.25) is 0 Å². The molecule has 23 heavy (non-hydrogen) atoms. The van der Waals surface area contributed by atoms with E-state index >= 15 is 0 Å². The smallest absolute Gasteiger partial charge is 0.134 e. The molecule has 1 atom stereocenters. The number of anilines is 3. The van der Waals surface area contributed by atoms with Gasteiger partial charge < -0.3 is 15.0 Å². The van der Waals surface area contributed by atoms with Crippen LogP contribution >= 0.6 is 0 Å². The molecule has 1 N–H and O–H groups in total. The van der Waals surface area contributed by atoms with E-state index in [0.29, 0.717) is 6.04 Å². The van der Waals surface area contributed by atoms with Crippen molar-refractivity contribution in [3.8, 4) is 0 Å². The van der Waals surface area contributed by atoms with Crippen LogP contribution in [0.15, 0.2) is 30.3 Å². The van der Waals surface area contributed by atoms with Crippen molar-refractivity contribution in [3.05, 3.63) is 41.9 Å². The molecule has 0 amide bonds. The lowest BCUT2D eigenvalue weighted by Gasteiger charge is -2.35. The molecule has 1 aromatic carbocycles. The summed E-state index contributed by atoms with van der Waals surface area (Å²) in [4.78, 5) is 11.2. The number of nitrogens with one attached hydrogen (secondary N) is 1. The van der Waals surface area contributed by atoms with Gasteiger partial charge in [-0.15, -0.1) is 0 Å². The van der Waals surface area contributed by atoms with Crippen LogP contribution in [-0.2, 0) is 11.2 Å². The minimum absolute atomic E-state index is 0.416. The van der Waals surface area contributed by atoms with Crippen LogP contribution < -0.4 is 10.2 Å². The first-order valence-corrected chi connectivity index (χ1v) is 8.21. The molecule has 1 saturated heterocycles. The number of hydrogen-bond donors (Lipinski definition) is 1. The Labute approximate surface area is 137 Å². The van der Waals surface area contributed by atoms with E-state index in [0.717, 1.165) is 49.2 Å². The van der Waals surface area contributed by atoms with Crippen molar-refractivity contribution in [1.82, 2.24) is 9.97 Å². The summed E-state index contributed by atoms with van der Waals surface area (Å²) >= 11 is 0. The predicted octanol–water partition coefficient (Wildman–Crippen LogP) is 3.32. The Morgan fingerprint density at radius 1 is 1.26 bits per heavy atom. The third-order valence-corrected chi connectivity index (χ3v) is 4.09. The van der Waals surface area contributed by atoms with Crippen molar-refractivity contribution in [2.45, 2.75) is 33.2 Å². The van der Waals surface area contributed by atoms with Gasteiger partial charge in [-0.25, -0.2) is 9.97 Å². The van der Waals surface area contributed by atoms with Gasteiger partial charge in [0.2, 0.25) is 0 Å². The number of aryl methyl sites for hydroxylation is 2. The second-order valence-electron chi connectivity index (χ2n) is 5.93. The van der Waals surface area contributed by atoms with Gasteiger partial charge in [0.05, 0.1) is 13.2 Å². The first-order chi connectivity index (χ1) is 11.2. The molecule has 1 aromatic heterocycles. The van der Waals surface area contributed by atoms with E-state index in [4.69, 9.17) is 4.74 Å². The van der Waals surface area contributed by atoms with Crippen LogP contribution in [0.1, 0.15) is 25.4 Å². The first-order valence-electron chi connectivity index (χ1n) is 8.21. The van der Waals surface area contributed by atoms with Crippen LogP contribution in [0.5, 0.6) is 0 Å². The second-order valence-corrected chi connectivity index (χ2v) is 5.93. The number of ether oxygens (including phenoxy) is 1. The summed E-state index contributed by atoms with van der Waals surface area (Å²) in [7, 11) is 0. The van der Waals surface area contributed by atoms with E-state index in [2.05, 4.69) is 58.3 Å². The zero-order chi connectivity index (χ0) is 16.2. The maximum absolute atomic E-state index is 5.50. The molecule has 5 heteroatoms. The number of morpholine rings is 1. The Hall–Kier alpha value is -2.14. The molecule has 122 valence electrons. The normalized spacial score (nSPS) is 18.0. The van der Waals surface area contributed by atoms with Crippen molar-refractivity contribution in [3.63, 3.8) is 0 Å². The molecule has 2 aromatic rings. The fourth-order valence-electron chi connectivity index (χ4n) is 2.87. The fourth-order valence-corrected chi connectivity index (χ4v) is 2.87. The maximum Gasteiger partial charge on any atom is 0.134 e. The number of hydrogen-bond acceptors (Lipinski definition) is 5. The van der Waals surface area contributed by atoms with Crippen LogP contribution in [0.25, 0.3) is 0 Å². The van der Waals surface area contributed by atoms with Gasteiger partial charge in [-0.05, 0) is 44.5 Å². The predicted molar refractivity (Wildman–Crippen MR) is 93.5 cm³/mol. The lowest BCUT2D eigenvalue weighted by Crippen LogP contribution is -2.43. The van der Waals surface area contributed by atoms with Gasteiger partial charge in [-0.1, -0.05) is 6.92 Å². The average molecular weight is 312 g/mol. The topological polar surface area (TPSA) is 50.3 Å². The summed E-state index contributed by atoms with van der Waals surface area (Å²) in [6, 6.07) is 10.9. The van der Waals surface area contributed by atoms with Crippen molar-refractivity contribution in [2.75, 3.05) is 30.0 Å². The molecule has 0 spiro atoms. The lowest BCUT2D eigenvalue weighted by molar-refractivity contribution is 0.0989. The van der Waals surface area contributed by atoms with Crippen LogP contribution in [0.3, 0.4) is 0 Å². The molecule has 0 aliphatic carbocycles. The molecular formula is C18H24N4O. The Morgan fingerprint density at radius 2 is 2.04 bits per heavy atom. The van der Waals surface area contributed by atoms with Crippen molar-refractivity contribution < 1.29 is 4.74 Å². The average Bonchev–Trinajstić information content (AvgIpc) is 2.55. The van der Waals surface area contributed by atoms with E-state index in [1.165, 1.54) is 5.69 Å². The third kappa shape index (κ3) is 3.79. The van der Waals surface area contributed by atoms with Gasteiger partial charge >= 0.3 is 0 Å². The van der Waals surface area contributed by atoms with Crippen molar-refractivity contribution >= 4 is 17.2 Å². The number of rotatable bonds is 4. The Balaban J connectivity index is 1.73. The fraction of sp³-hybridized carbons (Fsp3) is 0.444. The third-order valence-electron chi connectivity index (χ3n) is 4.09. The van der Waals surface area contributed by atoms with E-state index in [1.54, 1.807) is 0 Å². The van der Waals surface area contributed by atoms with Crippen LogP contribution in [0.4, 0.5) is 17.2 Å². The minimum Gasteiger partial charge on any atom is -0.377 e. The summed E-state index contributed by atoms with van der Waals surface area (Å²) < 4.78 is 5.50. The van der Waals surface area contributed by atoms with Crippen LogP contribution in [-0.4, -0.2) is 35.8 Å². The number of aromatic nitrogens is 2. The van der Waals surface area contributed by atoms with Gasteiger partial charge in [0, 0.05) is 35.7 Å². The van der Waals surface area contributed by atoms with Gasteiger partial charge in [0.1, 0.15) is 11.6 Å². The monoisotopic (exact) mass is 312 g/mol. The van der Waals surface area contributed by atoms with Gasteiger partial charge in [0.25, 0.3) is 0 Å². The Morgan fingerprint density at radius 3 is 2.74 bits per heavy atom. The second kappa shape index (κ2) is 6.96. The largest absolute Gasteiger partial charge is 0.377 e. The zero-order valence-corrected chi connectivity index (χ0v) is 14.0. The van der Waals surface area contributed by atoms with E-state index < -0.39 is 0 Å². The SMILES string of the molecule is CCc1cc(Nc2ccc(N3CCOCC3C)cc2)nc(C)n1. The summed E-state index contributed by atoms with van der Waals surface area (Å²) in [5.74, 6) is 1.65.